The summed E-state index contributed by atoms with van der Waals surface area (Å²) in [5.74, 6) is 1.08. The number of hydrogen-bond donors (Lipinski definition) is 0. The summed E-state index contributed by atoms with van der Waals surface area (Å²) in [6.07, 6.45) is 12.6. The molecular weight excluding hydrogens is 272 g/mol. The Morgan fingerprint density at radius 1 is 1.05 bits per heavy atom. The molecule has 0 atom stereocenters. The zero-order valence-corrected chi connectivity index (χ0v) is 15.9. The van der Waals surface area contributed by atoms with Gasteiger partial charge < -0.3 is 9.53 Å². The third kappa shape index (κ3) is 10.4. The molecule has 1 aliphatic carbocycles. The molecule has 132 valence electrons. The lowest BCUT2D eigenvalue weighted by atomic mass is 9.67. The van der Waals surface area contributed by atoms with Gasteiger partial charge in [-0.2, -0.15) is 0 Å². The van der Waals surface area contributed by atoms with Gasteiger partial charge in [-0.25, -0.2) is 0 Å². The third-order valence-electron chi connectivity index (χ3n) is 4.57. The maximum absolute atomic E-state index is 10.8. The van der Waals surface area contributed by atoms with Crippen molar-refractivity contribution in [3.05, 3.63) is 0 Å². The van der Waals surface area contributed by atoms with E-state index in [4.69, 9.17) is 4.74 Å². The zero-order chi connectivity index (χ0) is 16.8. The molecule has 1 saturated carbocycles. The summed E-state index contributed by atoms with van der Waals surface area (Å²) in [6, 6.07) is 0. The molecule has 22 heavy (non-hydrogen) atoms. The fourth-order valence-corrected chi connectivity index (χ4v) is 3.80. The summed E-state index contributed by atoms with van der Waals surface area (Å²) >= 11 is 0. The van der Waals surface area contributed by atoms with Crippen molar-refractivity contribution < 1.29 is 9.53 Å². The molecule has 0 aromatic rings. The van der Waals surface area contributed by atoms with E-state index < -0.39 is 0 Å². The average Bonchev–Trinajstić information content (AvgIpc) is 2.48. The van der Waals surface area contributed by atoms with E-state index in [-0.39, 0.29) is 5.78 Å². The minimum atomic E-state index is 0.270. The Morgan fingerprint density at radius 2 is 1.64 bits per heavy atom. The van der Waals surface area contributed by atoms with E-state index in [2.05, 4.69) is 13.8 Å². The summed E-state index contributed by atoms with van der Waals surface area (Å²) < 4.78 is 5.67. The summed E-state index contributed by atoms with van der Waals surface area (Å²) in [5, 5.41) is 0. The third-order valence-corrected chi connectivity index (χ3v) is 4.57. The standard InChI is InChI=1S/C18H34O2.C2H6/c1-16(2)15-18(10-5-4-6-11-18)12-8-14-20-13-7-9-17(3)19;1-2/h16H,4-15H2,1-3H3;1-2H3. The van der Waals surface area contributed by atoms with Crippen LogP contribution < -0.4 is 0 Å². The normalized spacial score (nSPS) is 17.0. The molecule has 0 saturated heterocycles. The van der Waals surface area contributed by atoms with Crippen LogP contribution in [0.2, 0.25) is 0 Å². The number of Topliss-reactive ketones (excluding diaryl/α,β-unsaturated/α-hetero) is 1. The van der Waals surface area contributed by atoms with Gasteiger partial charge in [0.15, 0.2) is 0 Å². The van der Waals surface area contributed by atoms with Crippen LogP contribution in [0.5, 0.6) is 0 Å². The highest BCUT2D eigenvalue weighted by molar-refractivity contribution is 5.75. The minimum absolute atomic E-state index is 0.270. The number of ether oxygens (including phenoxy) is 1. The second-order valence-electron chi connectivity index (χ2n) is 7.18. The molecular formula is C20H40O2. The zero-order valence-electron chi connectivity index (χ0n) is 15.9. The maximum atomic E-state index is 10.8. The number of carbonyl (C=O) groups is 1. The molecule has 0 radical (unpaired) electrons. The van der Waals surface area contributed by atoms with Crippen molar-refractivity contribution in [3.63, 3.8) is 0 Å². The first-order valence-electron chi connectivity index (χ1n) is 9.61. The van der Waals surface area contributed by atoms with Gasteiger partial charge in [-0.3, -0.25) is 0 Å². The maximum Gasteiger partial charge on any atom is 0.129 e. The number of carbonyl (C=O) groups excluding carboxylic acids is 1. The quantitative estimate of drug-likeness (QED) is 0.450. The Kier molecular flexibility index (Phi) is 12.9. The van der Waals surface area contributed by atoms with Crippen LogP contribution in [0.1, 0.15) is 98.8 Å². The Hall–Kier alpha value is -0.370. The van der Waals surface area contributed by atoms with Crippen molar-refractivity contribution in [2.24, 2.45) is 11.3 Å². The molecule has 0 N–H and O–H groups in total. The summed E-state index contributed by atoms with van der Waals surface area (Å²) in [4.78, 5) is 10.8. The lowest BCUT2D eigenvalue weighted by Crippen LogP contribution is -2.26. The van der Waals surface area contributed by atoms with Crippen LogP contribution in [-0.2, 0) is 9.53 Å². The van der Waals surface area contributed by atoms with Gasteiger partial charge in [-0.05, 0) is 56.8 Å². The molecule has 0 aromatic heterocycles. The molecule has 0 spiro atoms. The minimum Gasteiger partial charge on any atom is -0.381 e. The Bertz CT molecular complexity index is 265. The monoisotopic (exact) mass is 312 g/mol. The van der Waals surface area contributed by atoms with E-state index >= 15 is 0 Å². The van der Waals surface area contributed by atoms with Crippen molar-refractivity contribution in [3.8, 4) is 0 Å². The first-order chi connectivity index (χ1) is 10.5. The summed E-state index contributed by atoms with van der Waals surface area (Å²) in [6.45, 7) is 12.0. The van der Waals surface area contributed by atoms with Crippen LogP contribution in [0.4, 0.5) is 0 Å². The Morgan fingerprint density at radius 3 is 2.18 bits per heavy atom. The fourth-order valence-electron chi connectivity index (χ4n) is 3.80. The van der Waals surface area contributed by atoms with Crippen LogP contribution in [0.3, 0.4) is 0 Å². The Balaban J connectivity index is 0.00000211. The van der Waals surface area contributed by atoms with Crippen LogP contribution in [0.25, 0.3) is 0 Å². The van der Waals surface area contributed by atoms with Gasteiger partial charge in [0.05, 0.1) is 0 Å². The predicted molar refractivity (Wildman–Crippen MR) is 96.3 cm³/mol. The number of rotatable bonds is 10. The molecule has 0 unspecified atom stereocenters. The largest absolute Gasteiger partial charge is 0.381 e. The van der Waals surface area contributed by atoms with E-state index in [0.29, 0.717) is 11.8 Å². The molecule has 0 amide bonds. The van der Waals surface area contributed by atoms with Gasteiger partial charge in [0.1, 0.15) is 5.78 Å². The molecule has 1 fully saturated rings. The van der Waals surface area contributed by atoms with Crippen LogP contribution in [0, 0.1) is 11.3 Å². The van der Waals surface area contributed by atoms with Gasteiger partial charge >= 0.3 is 0 Å². The van der Waals surface area contributed by atoms with E-state index in [9.17, 15) is 4.79 Å². The SMILES string of the molecule is CC.CC(=O)CCCOCCCC1(CC(C)C)CCCCC1. The second-order valence-corrected chi connectivity index (χ2v) is 7.18. The van der Waals surface area contributed by atoms with E-state index in [0.717, 1.165) is 25.6 Å². The van der Waals surface area contributed by atoms with Crippen molar-refractivity contribution in [2.45, 2.75) is 98.8 Å². The molecule has 0 bridgehead atoms. The summed E-state index contributed by atoms with van der Waals surface area (Å²) in [5.41, 5.74) is 0.606. The van der Waals surface area contributed by atoms with Crippen molar-refractivity contribution in [1.82, 2.24) is 0 Å². The molecule has 0 aromatic carbocycles. The smallest absolute Gasteiger partial charge is 0.129 e. The first kappa shape index (κ1) is 21.6. The molecule has 1 rings (SSSR count). The highest BCUT2D eigenvalue weighted by atomic mass is 16.5. The van der Waals surface area contributed by atoms with Crippen molar-refractivity contribution in [2.75, 3.05) is 13.2 Å². The molecule has 0 heterocycles. The van der Waals surface area contributed by atoms with Crippen LogP contribution in [-0.4, -0.2) is 19.0 Å². The molecule has 1 aliphatic rings. The topological polar surface area (TPSA) is 26.3 Å². The molecule has 2 heteroatoms. The lowest BCUT2D eigenvalue weighted by molar-refractivity contribution is -0.117. The number of hydrogen-bond acceptors (Lipinski definition) is 2. The Labute approximate surface area is 139 Å². The van der Waals surface area contributed by atoms with Crippen molar-refractivity contribution >= 4 is 5.78 Å². The molecule has 2 nitrogen and oxygen atoms in total. The van der Waals surface area contributed by atoms with Crippen LogP contribution >= 0.6 is 0 Å². The van der Waals surface area contributed by atoms with Gasteiger partial charge in [0.2, 0.25) is 0 Å². The average molecular weight is 313 g/mol. The van der Waals surface area contributed by atoms with E-state index in [1.165, 1.54) is 51.4 Å². The van der Waals surface area contributed by atoms with Crippen LogP contribution in [0.15, 0.2) is 0 Å². The van der Waals surface area contributed by atoms with Gasteiger partial charge in [-0.15, -0.1) is 0 Å². The molecule has 0 aliphatic heterocycles. The first-order valence-corrected chi connectivity index (χ1v) is 9.61. The fraction of sp³-hybridized carbons (Fsp3) is 0.950. The highest BCUT2D eigenvalue weighted by Gasteiger charge is 2.31. The number of ketones is 1. The van der Waals surface area contributed by atoms with E-state index in [1.54, 1.807) is 6.92 Å². The summed E-state index contributed by atoms with van der Waals surface area (Å²) in [7, 11) is 0. The van der Waals surface area contributed by atoms with E-state index in [1.807, 2.05) is 13.8 Å². The van der Waals surface area contributed by atoms with Gasteiger partial charge in [0.25, 0.3) is 0 Å². The predicted octanol–water partition coefficient (Wildman–Crippen LogP) is 6.18. The highest BCUT2D eigenvalue weighted by Crippen LogP contribution is 2.44. The van der Waals surface area contributed by atoms with Gasteiger partial charge in [0, 0.05) is 19.6 Å². The van der Waals surface area contributed by atoms with Gasteiger partial charge in [-0.1, -0.05) is 47.0 Å². The lowest BCUT2D eigenvalue weighted by Gasteiger charge is -2.39. The second kappa shape index (κ2) is 13.1. The van der Waals surface area contributed by atoms with Crippen molar-refractivity contribution in [1.29, 1.82) is 0 Å².